The van der Waals surface area contributed by atoms with E-state index in [0.29, 0.717) is 18.5 Å². The van der Waals surface area contributed by atoms with Crippen molar-refractivity contribution in [3.05, 3.63) is 0 Å². The van der Waals surface area contributed by atoms with Crippen molar-refractivity contribution in [2.45, 2.75) is 71.8 Å². The van der Waals surface area contributed by atoms with E-state index >= 15 is 0 Å². The summed E-state index contributed by atoms with van der Waals surface area (Å²) >= 11 is 0. The quantitative estimate of drug-likeness (QED) is 0.671. The molecule has 0 aromatic heterocycles. The van der Waals surface area contributed by atoms with Crippen LogP contribution < -0.4 is 5.32 Å². The summed E-state index contributed by atoms with van der Waals surface area (Å²) in [6, 6.07) is 0.529. The van der Waals surface area contributed by atoms with Gasteiger partial charge in [-0.05, 0) is 37.5 Å². The van der Waals surface area contributed by atoms with E-state index < -0.39 is 5.97 Å². The zero-order chi connectivity index (χ0) is 14.3. The summed E-state index contributed by atoms with van der Waals surface area (Å²) in [5.74, 6) is 0.330. The van der Waals surface area contributed by atoms with Gasteiger partial charge in [-0.1, -0.05) is 40.0 Å². The highest BCUT2D eigenvalue weighted by molar-refractivity contribution is 5.70. The van der Waals surface area contributed by atoms with Gasteiger partial charge in [0.25, 0.3) is 0 Å². The van der Waals surface area contributed by atoms with Crippen LogP contribution in [-0.4, -0.2) is 23.7 Å². The van der Waals surface area contributed by atoms with Gasteiger partial charge in [0, 0.05) is 12.6 Å². The topological polar surface area (TPSA) is 49.3 Å². The van der Waals surface area contributed by atoms with Crippen LogP contribution in [0.5, 0.6) is 0 Å². The molecule has 0 spiro atoms. The number of aliphatic carboxylic acids is 1. The predicted octanol–water partition coefficient (Wildman–Crippen LogP) is 3.68. The second-order valence-electron chi connectivity index (χ2n) is 6.51. The number of carbonyl (C=O) groups is 1. The number of rotatable bonds is 9. The first kappa shape index (κ1) is 16.5. The molecular weight excluding hydrogens is 238 g/mol. The summed E-state index contributed by atoms with van der Waals surface area (Å²) in [6.45, 7) is 7.04. The van der Waals surface area contributed by atoms with Crippen molar-refractivity contribution >= 4 is 5.97 Å². The zero-order valence-electron chi connectivity index (χ0n) is 12.8. The smallest absolute Gasteiger partial charge is 0.307 e. The first-order valence-electron chi connectivity index (χ1n) is 8.00. The second kappa shape index (κ2) is 8.57. The highest BCUT2D eigenvalue weighted by Gasteiger charge is 2.26. The largest absolute Gasteiger partial charge is 0.481 e. The number of nitrogens with one attached hydrogen (secondary N) is 1. The van der Waals surface area contributed by atoms with Crippen LogP contribution in [0.25, 0.3) is 0 Å². The zero-order valence-corrected chi connectivity index (χ0v) is 12.8. The Bertz CT molecular complexity index is 259. The third-order valence-corrected chi connectivity index (χ3v) is 4.30. The molecule has 0 aromatic rings. The molecule has 3 nitrogen and oxygen atoms in total. The molecule has 0 heterocycles. The number of hydrogen-bond acceptors (Lipinski definition) is 2. The van der Waals surface area contributed by atoms with E-state index in [9.17, 15) is 9.90 Å². The van der Waals surface area contributed by atoms with Gasteiger partial charge in [0.2, 0.25) is 0 Å². The van der Waals surface area contributed by atoms with Gasteiger partial charge in [-0.3, -0.25) is 4.79 Å². The molecule has 0 saturated heterocycles. The maximum atomic E-state index is 11.3. The molecule has 3 heteroatoms. The van der Waals surface area contributed by atoms with Gasteiger partial charge >= 0.3 is 5.97 Å². The molecule has 1 fully saturated rings. The molecule has 112 valence electrons. The third kappa shape index (κ3) is 5.94. The molecule has 1 aliphatic rings. The van der Waals surface area contributed by atoms with Gasteiger partial charge in [-0.2, -0.15) is 0 Å². The first-order chi connectivity index (χ1) is 9.04. The van der Waals surface area contributed by atoms with E-state index in [2.05, 4.69) is 26.1 Å². The Morgan fingerprint density at radius 1 is 1.32 bits per heavy atom. The van der Waals surface area contributed by atoms with Gasteiger partial charge in [0.1, 0.15) is 0 Å². The Morgan fingerprint density at radius 3 is 2.42 bits per heavy atom. The standard InChI is InChI=1S/C16H31NO2/c1-4-7-15(13-8-5-6-9-13)17-11-14(16(18)19)10-12(2)3/h12-15,17H,4-11H2,1-3H3,(H,18,19). The minimum Gasteiger partial charge on any atom is -0.481 e. The molecule has 19 heavy (non-hydrogen) atoms. The summed E-state index contributed by atoms with van der Waals surface area (Å²) in [6.07, 6.45) is 8.46. The molecule has 0 aliphatic heterocycles. The second-order valence-corrected chi connectivity index (χ2v) is 6.51. The maximum absolute atomic E-state index is 11.3. The van der Waals surface area contributed by atoms with Crippen molar-refractivity contribution in [1.29, 1.82) is 0 Å². The van der Waals surface area contributed by atoms with Gasteiger partial charge in [-0.15, -0.1) is 0 Å². The molecular formula is C16H31NO2. The lowest BCUT2D eigenvalue weighted by Gasteiger charge is -2.26. The van der Waals surface area contributed by atoms with E-state index in [4.69, 9.17) is 0 Å². The van der Waals surface area contributed by atoms with Crippen LogP contribution in [0.2, 0.25) is 0 Å². The summed E-state index contributed by atoms with van der Waals surface area (Å²) in [5, 5.41) is 12.9. The Morgan fingerprint density at radius 2 is 1.95 bits per heavy atom. The first-order valence-corrected chi connectivity index (χ1v) is 8.00. The number of carboxylic acid groups (broad SMARTS) is 1. The van der Waals surface area contributed by atoms with E-state index in [1.807, 2.05) is 0 Å². The Balaban J connectivity index is 2.45. The molecule has 0 aromatic carbocycles. The molecule has 2 unspecified atom stereocenters. The van der Waals surface area contributed by atoms with Crippen LogP contribution in [0.1, 0.15) is 65.7 Å². The van der Waals surface area contributed by atoms with Crippen molar-refractivity contribution in [2.24, 2.45) is 17.8 Å². The number of carboxylic acids is 1. The molecule has 0 radical (unpaired) electrons. The summed E-state index contributed by atoms with van der Waals surface area (Å²) in [4.78, 5) is 11.3. The van der Waals surface area contributed by atoms with Crippen molar-refractivity contribution in [3.63, 3.8) is 0 Å². The average molecular weight is 269 g/mol. The molecule has 1 aliphatic carbocycles. The fourth-order valence-corrected chi connectivity index (χ4v) is 3.31. The fraction of sp³-hybridized carbons (Fsp3) is 0.938. The normalized spacial score (nSPS) is 19.8. The van der Waals surface area contributed by atoms with Crippen LogP contribution in [0, 0.1) is 17.8 Å². The lowest BCUT2D eigenvalue weighted by molar-refractivity contribution is -0.142. The highest BCUT2D eigenvalue weighted by Crippen LogP contribution is 2.29. The van der Waals surface area contributed by atoms with Crippen LogP contribution in [0.4, 0.5) is 0 Å². The van der Waals surface area contributed by atoms with Gasteiger partial charge in [0.05, 0.1) is 5.92 Å². The van der Waals surface area contributed by atoms with Gasteiger partial charge < -0.3 is 10.4 Å². The lowest BCUT2D eigenvalue weighted by Crippen LogP contribution is -2.40. The Kier molecular flexibility index (Phi) is 7.44. The van der Waals surface area contributed by atoms with Crippen LogP contribution >= 0.6 is 0 Å². The maximum Gasteiger partial charge on any atom is 0.307 e. The van der Waals surface area contributed by atoms with Crippen LogP contribution in [-0.2, 0) is 4.79 Å². The monoisotopic (exact) mass is 269 g/mol. The molecule has 1 rings (SSSR count). The van der Waals surface area contributed by atoms with Crippen LogP contribution in [0.15, 0.2) is 0 Å². The Hall–Kier alpha value is -0.570. The third-order valence-electron chi connectivity index (χ3n) is 4.30. The van der Waals surface area contributed by atoms with E-state index in [-0.39, 0.29) is 5.92 Å². The highest BCUT2D eigenvalue weighted by atomic mass is 16.4. The lowest BCUT2D eigenvalue weighted by atomic mass is 9.92. The van der Waals surface area contributed by atoms with Crippen molar-refractivity contribution in [3.8, 4) is 0 Å². The van der Waals surface area contributed by atoms with Gasteiger partial charge in [0.15, 0.2) is 0 Å². The molecule has 2 atom stereocenters. The van der Waals surface area contributed by atoms with E-state index in [1.165, 1.54) is 38.5 Å². The minimum atomic E-state index is -0.650. The number of hydrogen-bond donors (Lipinski definition) is 2. The molecule has 0 amide bonds. The minimum absolute atomic E-state index is 0.235. The van der Waals surface area contributed by atoms with Crippen LogP contribution in [0.3, 0.4) is 0 Å². The SMILES string of the molecule is CCCC(NCC(CC(C)C)C(=O)O)C1CCCC1. The summed E-state index contributed by atoms with van der Waals surface area (Å²) in [5.41, 5.74) is 0. The summed E-state index contributed by atoms with van der Waals surface area (Å²) < 4.78 is 0. The molecule has 1 saturated carbocycles. The van der Waals surface area contributed by atoms with E-state index in [0.717, 1.165) is 12.3 Å². The summed E-state index contributed by atoms with van der Waals surface area (Å²) in [7, 11) is 0. The molecule has 0 bridgehead atoms. The fourth-order valence-electron chi connectivity index (χ4n) is 3.31. The van der Waals surface area contributed by atoms with Gasteiger partial charge in [-0.25, -0.2) is 0 Å². The molecule has 2 N–H and O–H groups in total. The van der Waals surface area contributed by atoms with Crippen molar-refractivity contribution < 1.29 is 9.90 Å². The van der Waals surface area contributed by atoms with Crippen molar-refractivity contribution in [2.75, 3.05) is 6.54 Å². The Labute approximate surface area is 118 Å². The predicted molar refractivity (Wildman–Crippen MR) is 79.2 cm³/mol. The average Bonchev–Trinajstić information content (AvgIpc) is 2.85. The van der Waals surface area contributed by atoms with Crippen molar-refractivity contribution in [1.82, 2.24) is 5.32 Å². The van der Waals surface area contributed by atoms with E-state index in [1.54, 1.807) is 0 Å².